The van der Waals surface area contributed by atoms with Crippen LogP contribution in [0.15, 0.2) is 35.6 Å². The van der Waals surface area contributed by atoms with E-state index in [1.165, 1.54) is 11.1 Å². The summed E-state index contributed by atoms with van der Waals surface area (Å²) in [5.74, 6) is 0.972. The fourth-order valence-corrected chi connectivity index (χ4v) is 3.66. The number of hydrogen-bond donors (Lipinski definition) is 0. The van der Waals surface area contributed by atoms with E-state index in [1.807, 2.05) is 19.1 Å². The molecular weight excluding hydrogens is 228 g/mol. The third-order valence-electron chi connectivity index (χ3n) is 4.29. The van der Waals surface area contributed by atoms with Crippen LogP contribution >= 0.6 is 0 Å². The number of carbonyl (C=O) groups excluding carboxylic acids is 1. The van der Waals surface area contributed by atoms with E-state index in [1.54, 1.807) is 6.92 Å². The summed E-state index contributed by atoms with van der Waals surface area (Å²) in [5, 5.41) is 0. The zero-order valence-electron chi connectivity index (χ0n) is 10.3. The van der Waals surface area contributed by atoms with Gasteiger partial charge in [-0.25, -0.2) is 0 Å². The van der Waals surface area contributed by atoms with Gasteiger partial charge in [0.25, 0.3) is 0 Å². The van der Waals surface area contributed by atoms with Gasteiger partial charge in [0.05, 0.1) is 12.0 Å². The summed E-state index contributed by atoms with van der Waals surface area (Å²) in [6.45, 7) is 3.50. The van der Waals surface area contributed by atoms with Crippen molar-refractivity contribution in [3.63, 3.8) is 0 Å². The van der Waals surface area contributed by atoms with Crippen LogP contribution < -0.4 is 0 Å². The molecule has 0 aromatic heterocycles. The van der Waals surface area contributed by atoms with E-state index in [0.29, 0.717) is 0 Å². The number of rotatable bonds is 1. The number of carbonyl (C=O) groups is 1. The first-order valence-corrected chi connectivity index (χ1v) is 6.31. The summed E-state index contributed by atoms with van der Waals surface area (Å²) in [4.78, 5) is 11.8. The number of benzene rings is 1. The molecule has 3 heteroatoms. The van der Waals surface area contributed by atoms with Crippen molar-refractivity contribution in [1.29, 1.82) is 0 Å². The van der Waals surface area contributed by atoms with Crippen molar-refractivity contribution in [2.24, 2.45) is 5.92 Å². The quantitative estimate of drug-likeness (QED) is 0.759. The summed E-state index contributed by atoms with van der Waals surface area (Å²) in [6.07, 6.45) is -0.0284. The van der Waals surface area contributed by atoms with Gasteiger partial charge in [-0.3, -0.25) is 4.79 Å². The minimum Gasteiger partial charge on any atom is -0.491 e. The molecule has 4 atom stereocenters. The lowest BCUT2D eigenvalue weighted by Gasteiger charge is -2.23. The fourth-order valence-electron chi connectivity index (χ4n) is 3.66. The van der Waals surface area contributed by atoms with Gasteiger partial charge in [-0.2, -0.15) is 0 Å². The van der Waals surface area contributed by atoms with E-state index in [-0.39, 0.29) is 30.0 Å². The minimum absolute atomic E-state index is 0.00690. The molecule has 0 amide bonds. The van der Waals surface area contributed by atoms with E-state index in [2.05, 4.69) is 12.1 Å². The van der Waals surface area contributed by atoms with Crippen molar-refractivity contribution in [2.45, 2.75) is 32.2 Å². The second-order valence-corrected chi connectivity index (χ2v) is 5.24. The van der Waals surface area contributed by atoms with Gasteiger partial charge in [0.2, 0.25) is 0 Å². The third kappa shape index (κ3) is 1.06. The molecule has 0 saturated carbocycles. The summed E-state index contributed by atoms with van der Waals surface area (Å²) in [5.41, 5.74) is 3.27. The molecule has 18 heavy (non-hydrogen) atoms. The minimum atomic E-state index is -0.0111. The number of ether oxygens (including phenoxy) is 2. The summed E-state index contributed by atoms with van der Waals surface area (Å²) in [6, 6.07) is 8.25. The van der Waals surface area contributed by atoms with Crippen LogP contribution in [0.3, 0.4) is 0 Å². The lowest BCUT2D eigenvalue weighted by Crippen LogP contribution is -2.26. The molecule has 3 aliphatic heterocycles. The zero-order valence-corrected chi connectivity index (χ0v) is 10.3. The Morgan fingerprint density at radius 1 is 1.17 bits per heavy atom. The Balaban J connectivity index is 1.85. The molecule has 1 aromatic rings. The molecule has 0 N–H and O–H groups in total. The standard InChI is InChI=1S/C15H14O3/c1-7(16)11-8(2)17-15-12(11)13-9-5-3-4-6-10(9)14(15)18-13/h3-6,12-15H,1-2H3/t12-,13-,14+,15-/m1/s1. The maximum absolute atomic E-state index is 11.8. The second-order valence-electron chi connectivity index (χ2n) is 5.24. The molecule has 0 unspecified atom stereocenters. The van der Waals surface area contributed by atoms with Crippen LogP contribution in [0, 0.1) is 5.92 Å². The Kier molecular flexibility index (Phi) is 1.86. The lowest BCUT2D eigenvalue weighted by atomic mass is 9.78. The van der Waals surface area contributed by atoms with Crippen LogP contribution in [0.4, 0.5) is 0 Å². The average molecular weight is 242 g/mol. The van der Waals surface area contributed by atoms with Crippen molar-refractivity contribution < 1.29 is 14.3 Å². The molecule has 3 nitrogen and oxygen atoms in total. The number of fused-ring (bicyclic) bond motifs is 8. The zero-order chi connectivity index (χ0) is 12.4. The summed E-state index contributed by atoms with van der Waals surface area (Å²) < 4.78 is 11.9. The Morgan fingerprint density at radius 3 is 2.50 bits per heavy atom. The third-order valence-corrected chi connectivity index (χ3v) is 4.29. The number of Topliss-reactive ketones (excluding diaryl/α,β-unsaturated/α-hetero) is 1. The van der Waals surface area contributed by atoms with Crippen molar-refractivity contribution in [1.82, 2.24) is 0 Å². The summed E-state index contributed by atoms with van der Waals surface area (Å²) >= 11 is 0. The highest BCUT2D eigenvalue weighted by atomic mass is 16.6. The van der Waals surface area contributed by atoms with Crippen LogP contribution in [-0.4, -0.2) is 11.9 Å². The molecule has 92 valence electrons. The molecule has 0 radical (unpaired) electrons. The van der Waals surface area contributed by atoms with Crippen LogP contribution in [0.5, 0.6) is 0 Å². The predicted octanol–water partition coefficient (Wildman–Crippen LogP) is 2.69. The highest BCUT2D eigenvalue weighted by Gasteiger charge is 2.58. The van der Waals surface area contributed by atoms with Crippen molar-refractivity contribution in [3.8, 4) is 0 Å². The summed E-state index contributed by atoms with van der Waals surface area (Å²) in [7, 11) is 0. The maximum atomic E-state index is 11.8. The Morgan fingerprint density at radius 2 is 1.83 bits per heavy atom. The Labute approximate surface area is 105 Å². The van der Waals surface area contributed by atoms with Gasteiger partial charge >= 0.3 is 0 Å². The van der Waals surface area contributed by atoms with Gasteiger partial charge in [-0.1, -0.05) is 24.3 Å². The molecule has 0 aliphatic carbocycles. The van der Waals surface area contributed by atoms with Gasteiger partial charge < -0.3 is 9.47 Å². The number of ketones is 1. The van der Waals surface area contributed by atoms with Gasteiger partial charge in [-0.15, -0.1) is 0 Å². The molecule has 2 bridgehead atoms. The van der Waals surface area contributed by atoms with E-state index < -0.39 is 0 Å². The first-order chi connectivity index (χ1) is 8.68. The van der Waals surface area contributed by atoms with Gasteiger partial charge in [0, 0.05) is 5.57 Å². The van der Waals surface area contributed by atoms with E-state index >= 15 is 0 Å². The Hall–Kier alpha value is -1.61. The predicted molar refractivity (Wildman–Crippen MR) is 64.8 cm³/mol. The van der Waals surface area contributed by atoms with Gasteiger partial charge in [-0.05, 0) is 25.0 Å². The van der Waals surface area contributed by atoms with Gasteiger partial charge in [0.15, 0.2) is 5.78 Å². The molecule has 4 rings (SSSR count). The molecule has 1 saturated heterocycles. The topological polar surface area (TPSA) is 35.5 Å². The normalized spacial score (nSPS) is 35.4. The largest absolute Gasteiger partial charge is 0.491 e. The number of allylic oxidation sites excluding steroid dienone is 1. The maximum Gasteiger partial charge on any atom is 0.159 e. The molecular formula is C15H14O3. The SMILES string of the molecule is CC(=O)C1=C(C)O[C@@H]2[C@H]1[C@@H]1O[C@H]2c2ccccc21. The van der Waals surface area contributed by atoms with Crippen LogP contribution in [-0.2, 0) is 14.3 Å². The van der Waals surface area contributed by atoms with Crippen LogP contribution in [0.25, 0.3) is 0 Å². The van der Waals surface area contributed by atoms with Crippen molar-refractivity contribution in [2.75, 3.05) is 0 Å². The molecule has 3 aliphatic rings. The highest BCUT2D eigenvalue weighted by Crippen LogP contribution is 2.60. The Bertz CT molecular complexity index is 587. The molecule has 3 heterocycles. The highest BCUT2D eigenvalue weighted by molar-refractivity contribution is 5.95. The first kappa shape index (κ1) is 10.3. The van der Waals surface area contributed by atoms with Crippen LogP contribution in [0.2, 0.25) is 0 Å². The van der Waals surface area contributed by atoms with E-state index in [9.17, 15) is 4.79 Å². The van der Waals surface area contributed by atoms with Crippen LogP contribution in [0.1, 0.15) is 37.2 Å². The van der Waals surface area contributed by atoms with E-state index in [4.69, 9.17) is 9.47 Å². The second kappa shape index (κ2) is 3.23. The first-order valence-electron chi connectivity index (χ1n) is 6.31. The smallest absolute Gasteiger partial charge is 0.159 e. The van der Waals surface area contributed by atoms with Crippen molar-refractivity contribution in [3.05, 3.63) is 46.7 Å². The van der Waals surface area contributed by atoms with E-state index in [0.717, 1.165) is 11.3 Å². The van der Waals surface area contributed by atoms with Gasteiger partial charge in [0.1, 0.15) is 18.0 Å². The monoisotopic (exact) mass is 242 g/mol. The molecule has 1 fully saturated rings. The number of hydrogen-bond acceptors (Lipinski definition) is 3. The van der Waals surface area contributed by atoms with Crippen molar-refractivity contribution >= 4 is 5.78 Å². The fraction of sp³-hybridized carbons (Fsp3) is 0.400. The average Bonchev–Trinajstić information content (AvgIpc) is 2.95. The molecule has 1 aromatic carbocycles. The molecule has 0 spiro atoms. The lowest BCUT2D eigenvalue weighted by molar-refractivity contribution is -0.114.